The van der Waals surface area contributed by atoms with E-state index < -0.39 is 11.6 Å². The number of likely N-dealkylation sites (tertiary alicyclic amines) is 1. The molecule has 0 spiro atoms. The van der Waals surface area contributed by atoms with Crippen molar-refractivity contribution in [2.45, 2.75) is 51.2 Å². The molecule has 1 heterocycles. The van der Waals surface area contributed by atoms with Crippen molar-refractivity contribution in [1.29, 1.82) is 0 Å². The summed E-state index contributed by atoms with van der Waals surface area (Å²) in [5, 5.41) is 8.64. The molecule has 6 heteroatoms. The van der Waals surface area contributed by atoms with E-state index in [2.05, 4.69) is 6.92 Å². The Hall–Kier alpha value is -1.30. The molecule has 2 aliphatic rings. The van der Waals surface area contributed by atoms with Gasteiger partial charge in [-0.2, -0.15) is 0 Å². The van der Waals surface area contributed by atoms with Crippen molar-refractivity contribution < 1.29 is 19.4 Å². The normalized spacial score (nSPS) is 27.9. The number of hydrogen-bond donors (Lipinski definition) is 1. The number of aliphatic carboxylic acids is 1. The van der Waals surface area contributed by atoms with E-state index in [0.29, 0.717) is 25.0 Å². The number of carboxylic acid groups (broad SMARTS) is 1. The van der Waals surface area contributed by atoms with Crippen LogP contribution in [0.25, 0.3) is 0 Å². The Kier molecular flexibility index (Phi) is 4.76. The van der Waals surface area contributed by atoms with Gasteiger partial charge in [0.15, 0.2) is 0 Å². The summed E-state index contributed by atoms with van der Waals surface area (Å²) in [6.45, 7) is 4.71. The fraction of sp³-hybridized carbons (Fsp3) is 0.867. The lowest BCUT2D eigenvalue weighted by Gasteiger charge is -2.49. The number of rotatable bonds is 4. The fourth-order valence-electron chi connectivity index (χ4n) is 3.36. The Morgan fingerprint density at radius 1 is 1.38 bits per heavy atom. The molecule has 2 atom stereocenters. The van der Waals surface area contributed by atoms with E-state index in [1.165, 1.54) is 12.8 Å². The minimum Gasteiger partial charge on any atom is -0.480 e. The second-order valence-electron chi connectivity index (χ2n) is 6.81. The van der Waals surface area contributed by atoms with Crippen LogP contribution in [-0.4, -0.2) is 65.3 Å². The second-order valence-corrected chi connectivity index (χ2v) is 6.81. The first-order chi connectivity index (χ1) is 9.81. The van der Waals surface area contributed by atoms with Crippen LogP contribution >= 0.6 is 0 Å². The molecule has 1 aliphatic carbocycles. The van der Waals surface area contributed by atoms with Gasteiger partial charge in [-0.25, -0.2) is 9.59 Å². The lowest BCUT2D eigenvalue weighted by molar-refractivity contribution is -0.160. The highest BCUT2D eigenvalue weighted by Crippen LogP contribution is 2.30. The van der Waals surface area contributed by atoms with Crippen molar-refractivity contribution in [3.63, 3.8) is 0 Å². The first kappa shape index (κ1) is 16.1. The zero-order chi connectivity index (χ0) is 15.6. The van der Waals surface area contributed by atoms with E-state index in [4.69, 9.17) is 9.84 Å². The minimum atomic E-state index is -0.977. The van der Waals surface area contributed by atoms with Crippen LogP contribution in [0.2, 0.25) is 0 Å². The highest BCUT2D eigenvalue weighted by molar-refractivity contribution is 5.76. The summed E-state index contributed by atoms with van der Waals surface area (Å²) in [6, 6.07) is 0.360. The third kappa shape index (κ3) is 3.87. The smallest absolute Gasteiger partial charge is 0.329 e. The first-order valence-corrected chi connectivity index (χ1v) is 7.68. The molecule has 0 radical (unpaired) electrons. The number of nitrogens with zero attached hydrogens (tertiary/aromatic N) is 2. The summed E-state index contributed by atoms with van der Waals surface area (Å²) in [7, 11) is 1.87. The van der Waals surface area contributed by atoms with E-state index >= 15 is 0 Å². The van der Waals surface area contributed by atoms with E-state index in [1.807, 2.05) is 18.9 Å². The van der Waals surface area contributed by atoms with Crippen molar-refractivity contribution in [1.82, 2.24) is 9.80 Å². The molecule has 1 aliphatic heterocycles. The highest BCUT2D eigenvalue weighted by atomic mass is 16.5. The topological polar surface area (TPSA) is 70.1 Å². The van der Waals surface area contributed by atoms with Gasteiger partial charge in [-0.15, -0.1) is 0 Å². The molecule has 1 saturated carbocycles. The monoisotopic (exact) mass is 298 g/mol. The molecule has 2 amide bonds. The standard InChI is InChI=1S/C15H26N2O4/c1-11-5-4-6-12(7-11)16(3)14(20)17-9-15(2,10-17)21-8-13(18)19/h11-12H,4-10H2,1-3H3,(H,18,19). The molecule has 2 fully saturated rings. The van der Waals surface area contributed by atoms with Crippen molar-refractivity contribution in [2.75, 3.05) is 26.7 Å². The van der Waals surface area contributed by atoms with Crippen LogP contribution in [0.15, 0.2) is 0 Å². The van der Waals surface area contributed by atoms with E-state index in [9.17, 15) is 9.59 Å². The molecule has 120 valence electrons. The summed E-state index contributed by atoms with van der Waals surface area (Å²) in [4.78, 5) is 26.6. The summed E-state index contributed by atoms with van der Waals surface area (Å²) in [5.41, 5.74) is -0.519. The molecule has 21 heavy (non-hydrogen) atoms. The Labute approximate surface area is 126 Å². The van der Waals surface area contributed by atoms with Gasteiger partial charge in [0, 0.05) is 13.1 Å². The molecule has 6 nitrogen and oxygen atoms in total. The Balaban J connectivity index is 1.81. The third-order valence-electron chi connectivity index (χ3n) is 4.62. The van der Waals surface area contributed by atoms with Gasteiger partial charge in [0.1, 0.15) is 12.2 Å². The first-order valence-electron chi connectivity index (χ1n) is 7.68. The summed E-state index contributed by atoms with van der Waals surface area (Å²) < 4.78 is 5.34. The summed E-state index contributed by atoms with van der Waals surface area (Å²) >= 11 is 0. The molecular weight excluding hydrogens is 272 g/mol. The maximum atomic E-state index is 12.4. The number of carboxylic acids is 1. The highest BCUT2D eigenvalue weighted by Gasteiger charge is 2.44. The molecule has 1 saturated heterocycles. The zero-order valence-corrected chi connectivity index (χ0v) is 13.2. The van der Waals surface area contributed by atoms with E-state index in [-0.39, 0.29) is 12.6 Å². The van der Waals surface area contributed by atoms with Gasteiger partial charge in [0.2, 0.25) is 0 Å². The fourth-order valence-corrected chi connectivity index (χ4v) is 3.36. The molecule has 0 aromatic heterocycles. The summed E-state index contributed by atoms with van der Waals surface area (Å²) in [5.74, 6) is -0.297. The minimum absolute atomic E-state index is 0.0329. The van der Waals surface area contributed by atoms with Gasteiger partial charge in [-0.05, 0) is 25.7 Å². The average molecular weight is 298 g/mol. The Bertz CT molecular complexity index is 406. The molecule has 1 N–H and O–H groups in total. The number of amides is 2. The molecule has 0 aromatic carbocycles. The zero-order valence-electron chi connectivity index (χ0n) is 13.2. The van der Waals surface area contributed by atoms with E-state index in [1.54, 1.807) is 4.90 Å². The van der Waals surface area contributed by atoms with Crippen molar-refractivity contribution in [3.05, 3.63) is 0 Å². The van der Waals surface area contributed by atoms with Crippen LogP contribution in [0.1, 0.15) is 39.5 Å². The molecule has 0 aromatic rings. The number of urea groups is 1. The van der Waals surface area contributed by atoms with Gasteiger partial charge in [-0.3, -0.25) is 0 Å². The Morgan fingerprint density at radius 3 is 2.62 bits per heavy atom. The van der Waals surface area contributed by atoms with Crippen LogP contribution < -0.4 is 0 Å². The van der Waals surface area contributed by atoms with Gasteiger partial charge in [0.05, 0.1) is 13.1 Å². The van der Waals surface area contributed by atoms with Crippen LogP contribution in [0.5, 0.6) is 0 Å². The number of carbonyl (C=O) groups excluding carboxylic acids is 1. The van der Waals surface area contributed by atoms with Gasteiger partial charge in [0.25, 0.3) is 0 Å². The molecule has 2 unspecified atom stereocenters. The quantitative estimate of drug-likeness (QED) is 0.859. The second kappa shape index (κ2) is 6.22. The van der Waals surface area contributed by atoms with E-state index in [0.717, 1.165) is 12.8 Å². The Morgan fingerprint density at radius 2 is 2.05 bits per heavy atom. The number of carbonyl (C=O) groups is 2. The lowest BCUT2D eigenvalue weighted by atomic mass is 9.86. The lowest BCUT2D eigenvalue weighted by Crippen LogP contribution is -2.66. The van der Waals surface area contributed by atoms with Crippen LogP contribution in [0.3, 0.4) is 0 Å². The SMILES string of the molecule is CC1CCCC(N(C)C(=O)N2CC(C)(OCC(=O)O)C2)C1. The third-order valence-corrected chi connectivity index (χ3v) is 4.62. The van der Waals surface area contributed by atoms with Gasteiger partial charge in [-0.1, -0.05) is 19.8 Å². The van der Waals surface area contributed by atoms with Crippen LogP contribution in [0.4, 0.5) is 4.79 Å². The van der Waals surface area contributed by atoms with Crippen LogP contribution in [-0.2, 0) is 9.53 Å². The van der Waals surface area contributed by atoms with Crippen molar-refractivity contribution in [2.24, 2.45) is 5.92 Å². The predicted molar refractivity (Wildman–Crippen MR) is 78.1 cm³/mol. The summed E-state index contributed by atoms with van der Waals surface area (Å²) in [6.07, 6.45) is 4.59. The van der Waals surface area contributed by atoms with Gasteiger partial charge >= 0.3 is 12.0 Å². The van der Waals surface area contributed by atoms with Crippen molar-refractivity contribution in [3.8, 4) is 0 Å². The maximum absolute atomic E-state index is 12.4. The van der Waals surface area contributed by atoms with Crippen molar-refractivity contribution >= 4 is 12.0 Å². The van der Waals surface area contributed by atoms with Gasteiger partial charge < -0.3 is 19.6 Å². The number of hydrogen-bond acceptors (Lipinski definition) is 3. The molecule has 0 bridgehead atoms. The molecule has 2 rings (SSSR count). The maximum Gasteiger partial charge on any atom is 0.329 e. The number of ether oxygens (including phenoxy) is 1. The molecular formula is C15H26N2O4. The average Bonchev–Trinajstić information content (AvgIpc) is 2.40. The largest absolute Gasteiger partial charge is 0.480 e. The van der Waals surface area contributed by atoms with Crippen LogP contribution in [0, 0.1) is 5.92 Å². The predicted octanol–water partition coefficient (Wildman–Crippen LogP) is 1.79.